The lowest BCUT2D eigenvalue weighted by Gasteiger charge is -2.25. The molecule has 0 N–H and O–H groups in total. The summed E-state index contributed by atoms with van der Waals surface area (Å²) in [6, 6.07) is 14.8. The third kappa shape index (κ3) is 5.04. The van der Waals surface area contributed by atoms with Crippen LogP contribution < -0.4 is 4.74 Å². The van der Waals surface area contributed by atoms with Gasteiger partial charge in [0.1, 0.15) is 5.75 Å². The summed E-state index contributed by atoms with van der Waals surface area (Å²) in [5, 5.41) is 4.53. The van der Waals surface area contributed by atoms with Gasteiger partial charge in [0.25, 0.3) is 5.91 Å². The van der Waals surface area contributed by atoms with Crippen molar-refractivity contribution >= 4 is 17.7 Å². The Balaban J connectivity index is 1.78. The van der Waals surface area contributed by atoms with Crippen molar-refractivity contribution in [1.29, 1.82) is 0 Å². The first kappa shape index (κ1) is 21.3. The summed E-state index contributed by atoms with van der Waals surface area (Å²) in [5.41, 5.74) is 2.93. The molecule has 1 fully saturated rings. The van der Waals surface area contributed by atoms with Crippen LogP contribution in [0.1, 0.15) is 16.1 Å². The number of halogens is 3. The summed E-state index contributed by atoms with van der Waals surface area (Å²) >= 11 is 1.80. The van der Waals surface area contributed by atoms with E-state index in [1.807, 2.05) is 31.2 Å². The van der Waals surface area contributed by atoms with Gasteiger partial charge in [0.15, 0.2) is 5.69 Å². The van der Waals surface area contributed by atoms with Gasteiger partial charge < -0.3 is 9.64 Å². The van der Waals surface area contributed by atoms with Gasteiger partial charge in [0, 0.05) is 30.2 Å². The monoisotopic (exact) mass is 447 g/mol. The number of ether oxygens (including phenoxy) is 1. The molecule has 1 amide bonds. The summed E-state index contributed by atoms with van der Waals surface area (Å²) in [7, 11) is 0. The molecule has 2 aromatic carbocycles. The molecule has 0 radical (unpaired) electrons. The van der Waals surface area contributed by atoms with E-state index in [0.29, 0.717) is 30.0 Å². The van der Waals surface area contributed by atoms with Gasteiger partial charge in [-0.2, -0.15) is 16.9 Å². The maximum absolute atomic E-state index is 13.0. The van der Waals surface area contributed by atoms with Crippen LogP contribution in [0.4, 0.5) is 13.2 Å². The molecule has 9 heteroatoms. The highest BCUT2D eigenvalue weighted by Gasteiger charge is 2.31. The van der Waals surface area contributed by atoms with Crippen LogP contribution >= 0.6 is 11.8 Å². The third-order valence-corrected chi connectivity index (χ3v) is 5.78. The van der Waals surface area contributed by atoms with Crippen LogP contribution in [0.2, 0.25) is 0 Å². The zero-order valence-electron chi connectivity index (χ0n) is 16.7. The van der Waals surface area contributed by atoms with Crippen molar-refractivity contribution in [2.75, 3.05) is 24.6 Å². The first-order valence-electron chi connectivity index (χ1n) is 9.70. The number of alkyl halides is 3. The number of aromatic nitrogens is 2. The van der Waals surface area contributed by atoms with Crippen LogP contribution in [0.15, 0.2) is 54.6 Å². The highest BCUT2D eigenvalue weighted by molar-refractivity contribution is 7.99. The lowest BCUT2D eigenvalue weighted by atomic mass is 10.1. The molecule has 0 bridgehead atoms. The second-order valence-corrected chi connectivity index (χ2v) is 8.37. The molecule has 162 valence electrons. The van der Waals surface area contributed by atoms with E-state index in [9.17, 15) is 18.0 Å². The van der Waals surface area contributed by atoms with Crippen molar-refractivity contribution in [3.05, 3.63) is 65.9 Å². The van der Waals surface area contributed by atoms with Gasteiger partial charge in [-0.1, -0.05) is 24.3 Å². The summed E-state index contributed by atoms with van der Waals surface area (Å²) < 4.78 is 43.7. The Morgan fingerprint density at radius 2 is 1.81 bits per heavy atom. The van der Waals surface area contributed by atoms with E-state index < -0.39 is 6.36 Å². The number of rotatable bonds is 4. The van der Waals surface area contributed by atoms with Gasteiger partial charge in [0.2, 0.25) is 0 Å². The molecule has 31 heavy (non-hydrogen) atoms. The van der Waals surface area contributed by atoms with Crippen LogP contribution in [0, 0.1) is 6.92 Å². The lowest BCUT2D eigenvalue weighted by molar-refractivity contribution is -0.274. The normalized spacial score (nSPS) is 14.5. The van der Waals surface area contributed by atoms with Crippen molar-refractivity contribution in [2.24, 2.45) is 0 Å². The van der Waals surface area contributed by atoms with Gasteiger partial charge in [-0.25, -0.2) is 4.68 Å². The molecule has 0 atom stereocenters. The molecule has 0 aliphatic carbocycles. The van der Waals surface area contributed by atoms with Crippen molar-refractivity contribution in [3.8, 4) is 22.7 Å². The Labute approximate surface area is 181 Å². The fourth-order valence-electron chi connectivity index (χ4n) is 3.43. The molecule has 0 spiro atoms. The van der Waals surface area contributed by atoms with E-state index >= 15 is 0 Å². The quantitative estimate of drug-likeness (QED) is 0.569. The van der Waals surface area contributed by atoms with Crippen molar-refractivity contribution in [3.63, 3.8) is 0 Å². The molecule has 2 heterocycles. The van der Waals surface area contributed by atoms with Crippen LogP contribution in [0.5, 0.6) is 5.75 Å². The van der Waals surface area contributed by atoms with Crippen LogP contribution in [0.3, 0.4) is 0 Å². The Bertz CT molecular complexity index is 1090. The fraction of sp³-hybridized carbons (Fsp3) is 0.273. The van der Waals surface area contributed by atoms with Crippen molar-refractivity contribution in [2.45, 2.75) is 13.3 Å². The molecular weight excluding hydrogens is 427 g/mol. The number of carbonyl (C=O) groups is 1. The van der Waals surface area contributed by atoms with Crippen LogP contribution in [-0.2, 0) is 0 Å². The summed E-state index contributed by atoms with van der Waals surface area (Å²) in [4.78, 5) is 14.8. The molecule has 0 unspecified atom stereocenters. The van der Waals surface area contributed by atoms with E-state index in [1.54, 1.807) is 33.5 Å². The number of thioether (sulfide) groups is 1. The Morgan fingerprint density at radius 1 is 1.06 bits per heavy atom. The van der Waals surface area contributed by atoms with Gasteiger partial charge in [-0.3, -0.25) is 4.79 Å². The average Bonchev–Trinajstić information content (AvgIpc) is 3.18. The average molecular weight is 447 g/mol. The highest BCUT2D eigenvalue weighted by Crippen LogP contribution is 2.30. The van der Waals surface area contributed by atoms with E-state index in [4.69, 9.17) is 0 Å². The number of aryl methyl sites for hydroxylation is 1. The zero-order valence-corrected chi connectivity index (χ0v) is 17.5. The Hall–Kier alpha value is -2.94. The second kappa shape index (κ2) is 8.66. The molecule has 5 nitrogen and oxygen atoms in total. The first-order chi connectivity index (χ1) is 14.8. The van der Waals surface area contributed by atoms with Crippen LogP contribution in [-0.4, -0.2) is 51.5 Å². The van der Waals surface area contributed by atoms with Crippen molar-refractivity contribution in [1.82, 2.24) is 14.7 Å². The maximum atomic E-state index is 13.0. The molecule has 1 aliphatic rings. The van der Waals surface area contributed by atoms with Gasteiger partial charge in [0.05, 0.1) is 11.4 Å². The molecule has 3 aromatic rings. The standard InChI is InChI=1S/C22H20F3N3O2S/c1-15-4-2-6-17(12-15)28-20(16-5-3-7-18(13-16)30-22(23,24)25)14-19(26-28)21(29)27-8-10-31-11-9-27/h2-7,12-14H,8-11H2,1H3. The van der Waals surface area contributed by atoms with Gasteiger partial charge in [-0.15, -0.1) is 13.2 Å². The Morgan fingerprint density at radius 3 is 2.52 bits per heavy atom. The topological polar surface area (TPSA) is 47.4 Å². The minimum atomic E-state index is -4.79. The van der Waals surface area contributed by atoms with Crippen LogP contribution in [0.25, 0.3) is 16.9 Å². The summed E-state index contributed by atoms with van der Waals surface area (Å²) in [6.45, 7) is 3.22. The van der Waals surface area contributed by atoms with E-state index in [1.165, 1.54) is 18.2 Å². The number of amides is 1. The third-order valence-electron chi connectivity index (χ3n) is 4.84. The summed E-state index contributed by atoms with van der Waals surface area (Å²) in [6.07, 6.45) is -4.79. The number of nitrogens with zero attached hydrogens (tertiary/aromatic N) is 3. The second-order valence-electron chi connectivity index (χ2n) is 7.15. The fourth-order valence-corrected chi connectivity index (χ4v) is 4.33. The van der Waals surface area contributed by atoms with Crippen molar-refractivity contribution < 1.29 is 22.7 Å². The maximum Gasteiger partial charge on any atom is 0.573 e. The number of benzene rings is 2. The zero-order chi connectivity index (χ0) is 22.0. The predicted molar refractivity (Wildman–Crippen MR) is 114 cm³/mol. The largest absolute Gasteiger partial charge is 0.573 e. The number of hydrogen-bond donors (Lipinski definition) is 0. The number of carbonyl (C=O) groups excluding carboxylic acids is 1. The minimum absolute atomic E-state index is 0.185. The molecule has 1 aromatic heterocycles. The van der Waals surface area contributed by atoms with E-state index in [2.05, 4.69) is 9.84 Å². The molecule has 1 aliphatic heterocycles. The van der Waals surface area contributed by atoms with E-state index in [0.717, 1.165) is 17.1 Å². The molecule has 4 rings (SSSR count). The van der Waals surface area contributed by atoms with Gasteiger partial charge >= 0.3 is 6.36 Å². The SMILES string of the molecule is Cc1cccc(-n2nc(C(=O)N3CCSCC3)cc2-c2cccc(OC(F)(F)F)c2)c1. The smallest absolute Gasteiger partial charge is 0.406 e. The first-order valence-corrected chi connectivity index (χ1v) is 10.9. The highest BCUT2D eigenvalue weighted by atomic mass is 32.2. The molecular formula is C22H20F3N3O2S. The molecule has 0 saturated carbocycles. The predicted octanol–water partition coefficient (Wildman–Crippen LogP) is 4.94. The number of hydrogen-bond acceptors (Lipinski definition) is 4. The van der Waals surface area contributed by atoms with Gasteiger partial charge in [-0.05, 0) is 42.8 Å². The molecule has 1 saturated heterocycles. The Kier molecular flexibility index (Phi) is 5.95. The summed E-state index contributed by atoms with van der Waals surface area (Å²) in [5.74, 6) is 1.22. The minimum Gasteiger partial charge on any atom is -0.406 e. The van der Waals surface area contributed by atoms with E-state index in [-0.39, 0.29) is 17.4 Å². The lowest BCUT2D eigenvalue weighted by Crippen LogP contribution is -2.38.